The number of anilines is 1. The van der Waals surface area contributed by atoms with Crippen molar-refractivity contribution in [2.45, 2.75) is 27.7 Å². The number of rotatable bonds is 4. The highest BCUT2D eigenvalue weighted by molar-refractivity contribution is 7.22. The summed E-state index contributed by atoms with van der Waals surface area (Å²) in [5, 5.41) is 5.22. The summed E-state index contributed by atoms with van der Waals surface area (Å²) < 4.78 is 3.45. The van der Waals surface area contributed by atoms with Crippen LogP contribution in [0.15, 0.2) is 53.6 Å². The molecule has 0 saturated carbocycles. The smallest absolute Gasteiger partial charge is 0.204 e. The third-order valence-corrected chi connectivity index (χ3v) is 5.89. The predicted octanol–water partition coefficient (Wildman–Crippen LogP) is 5.77. The Labute approximate surface area is 163 Å². The van der Waals surface area contributed by atoms with Gasteiger partial charge in [0.25, 0.3) is 0 Å². The lowest BCUT2D eigenvalue weighted by molar-refractivity contribution is 0.950. The van der Waals surface area contributed by atoms with E-state index in [2.05, 4.69) is 78.1 Å². The zero-order valence-corrected chi connectivity index (χ0v) is 16.8. The highest BCUT2D eigenvalue weighted by atomic mass is 32.1. The molecule has 0 aliphatic carbocycles. The van der Waals surface area contributed by atoms with Crippen LogP contribution >= 0.6 is 11.3 Å². The molecule has 0 spiro atoms. The fourth-order valence-electron chi connectivity index (χ4n) is 3.34. The lowest BCUT2D eigenvalue weighted by Gasteiger charge is -2.14. The van der Waals surface area contributed by atoms with E-state index < -0.39 is 0 Å². The first-order valence-corrected chi connectivity index (χ1v) is 9.76. The van der Waals surface area contributed by atoms with Gasteiger partial charge in [-0.2, -0.15) is 5.10 Å². The summed E-state index contributed by atoms with van der Waals surface area (Å²) in [7, 11) is 0. The van der Waals surface area contributed by atoms with E-state index in [1.165, 1.54) is 28.2 Å². The Morgan fingerprint density at radius 2 is 1.85 bits per heavy atom. The maximum atomic E-state index is 4.55. The molecule has 2 aromatic heterocycles. The van der Waals surface area contributed by atoms with Crippen LogP contribution in [-0.4, -0.2) is 15.8 Å². The fourth-order valence-corrected chi connectivity index (χ4v) is 4.16. The minimum atomic E-state index is 0.802. The molecule has 0 unspecified atom stereocenters. The molecule has 136 valence electrons. The molecule has 4 nitrogen and oxygen atoms in total. The number of hydrazone groups is 1. The number of para-hydroxylation sites is 1. The highest BCUT2D eigenvalue weighted by Crippen LogP contribution is 2.26. The number of aromatic nitrogens is 2. The molecule has 0 fully saturated rings. The molecule has 0 radical (unpaired) electrons. The standard InChI is InChI=1S/C22H22N4S/c1-14-8-7-10-20(16(14)3)26-15(2)12-18(17(26)4)13-23-25-22-24-19-9-5-6-11-21(19)27-22/h5-13H,1-4H3,(H,24,25)/b23-13-. The Morgan fingerprint density at radius 3 is 2.67 bits per heavy atom. The van der Waals surface area contributed by atoms with Crippen LogP contribution in [0, 0.1) is 27.7 Å². The van der Waals surface area contributed by atoms with E-state index in [0.29, 0.717) is 0 Å². The second kappa shape index (κ2) is 7.00. The Bertz CT molecular complexity index is 1120. The molecular weight excluding hydrogens is 352 g/mol. The summed E-state index contributed by atoms with van der Waals surface area (Å²) in [6.07, 6.45) is 1.87. The van der Waals surface area contributed by atoms with Gasteiger partial charge in [-0.05, 0) is 63.1 Å². The van der Waals surface area contributed by atoms with E-state index >= 15 is 0 Å². The summed E-state index contributed by atoms with van der Waals surface area (Å²) in [6, 6.07) is 16.7. The minimum absolute atomic E-state index is 0.802. The molecule has 2 heterocycles. The van der Waals surface area contributed by atoms with E-state index in [0.717, 1.165) is 20.9 Å². The average molecular weight is 375 g/mol. The summed E-state index contributed by atoms with van der Waals surface area (Å²) in [5.74, 6) is 0. The van der Waals surface area contributed by atoms with Crippen molar-refractivity contribution in [2.24, 2.45) is 5.10 Å². The number of benzene rings is 2. The zero-order chi connectivity index (χ0) is 19.0. The largest absolute Gasteiger partial charge is 0.318 e. The van der Waals surface area contributed by atoms with Gasteiger partial charge >= 0.3 is 0 Å². The van der Waals surface area contributed by atoms with Crippen LogP contribution in [0.1, 0.15) is 28.1 Å². The van der Waals surface area contributed by atoms with Crippen LogP contribution in [-0.2, 0) is 0 Å². The molecule has 27 heavy (non-hydrogen) atoms. The molecular formula is C22H22N4S. The SMILES string of the molecule is Cc1cccc(-n2c(C)cc(/C=N\Nc3nc4ccccc4s3)c2C)c1C. The Hall–Kier alpha value is -2.92. The molecule has 1 N–H and O–H groups in total. The number of nitrogens with one attached hydrogen (secondary N) is 1. The van der Waals surface area contributed by atoms with Gasteiger partial charge in [0.2, 0.25) is 5.13 Å². The molecule has 0 saturated heterocycles. The van der Waals surface area contributed by atoms with Crippen molar-refractivity contribution >= 4 is 32.9 Å². The predicted molar refractivity (Wildman–Crippen MR) is 116 cm³/mol. The van der Waals surface area contributed by atoms with Crippen LogP contribution in [0.2, 0.25) is 0 Å². The molecule has 2 aromatic carbocycles. The molecule has 5 heteroatoms. The summed E-state index contributed by atoms with van der Waals surface area (Å²) in [5.41, 5.74) is 11.4. The van der Waals surface area contributed by atoms with Crippen molar-refractivity contribution in [2.75, 3.05) is 5.43 Å². The number of aryl methyl sites for hydroxylation is 2. The van der Waals surface area contributed by atoms with E-state index in [-0.39, 0.29) is 0 Å². The Morgan fingerprint density at radius 1 is 1.04 bits per heavy atom. The normalized spacial score (nSPS) is 11.6. The lowest BCUT2D eigenvalue weighted by atomic mass is 10.1. The van der Waals surface area contributed by atoms with E-state index in [1.807, 2.05) is 24.4 Å². The molecule has 4 rings (SSSR count). The Kier molecular flexibility index (Phi) is 4.54. The minimum Gasteiger partial charge on any atom is -0.318 e. The first-order chi connectivity index (χ1) is 13.0. The van der Waals surface area contributed by atoms with Crippen molar-refractivity contribution in [3.05, 3.63) is 76.6 Å². The van der Waals surface area contributed by atoms with Gasteiger partial charge in [0.1, 0.15) is 0 Å². The van der Waals surface area contributed by atoms with Crippen LogP contribution in [0.4, 0.5) is 5.13 Å². The highest BCUT2D eigenvalue weighted by Gasteiger charge is 2.12. The second-order valence-corrected chi connectivity index (χ2v) is 7.77. The molecule has 0 aliphatic rings. The summed E-state index contributed by atoms with van der Waals surface area (Å²) >= 11 is 1.60. The van der Waals surface area contributed by atoms with Gasteiger partial charge in [-0.25, -0.2) is 4.98 Å². The van der Waals surface area contributed by atoms with Crippen LogP contribution < -0.4 is 5.43 Å². The van der Waals surface area contributed by atoms with Gasteiger partial charge in [-0.15, -0.1) is 0 Å². The maximum Gasteiger partial charge on any atom is 0.204 e. The molecule has 0 atom stereocenters. The van der Waals surface area contributed by atoms with Crippen LogP contribution in [0.25, 0.3) is 15.9 Å². The number of hydrogen-bond donors (Lipinski definition) is 1. The topological polar surface area (TPSA) is 42.2 Å². The van der Waals surface area contributed by atoms with Crippen molar-refractivity contribution in [1.29, 1.82) is 0 Å². The van der Waals surface area contributed by atoms with Gasteiger partial charge in [0, 0.05) is 22.6 Å². The molecule has 0 bridgehead atoms. The fraction of sp³-hybridized carbons (Fsp3) is 0.182. The van der Waals surface area contributed by atoms with Crippen molar-refractivity contribution in [3.63, 3.8) is 0 Å². The number of fused-ring (bicyclic) bond motifs is 1. The van der Waals surface area contributed by atoms with Crippen molar-refractivity contribution in [1.82, 2.24) is 9.55 Å². The second-order valence-electron chi connectivity index (χ2n) is 6.74. The van der Waals surface area contributed by atoms with Crippen molar-refractivity contribution < 1.29 is 0 Å². The van der Waals surface area contributed by atoms with E-state index in [9.17, 15) is 0 Å². The van der Waals surface area contributed by atoms with Gasteiger partial charge in [-0.1, -0.05) is 35.6 Å². The van der Waals surface area contributed by atoms with Crippen LogP contribution in [0.3, 0.4) is 0 Å². The van der Waals surface area contributed by atoms with E-state index in [1.54, 1.807) is 11.3 Å². The number of nitrogens with zero attached hydrogens (tertiary/aromatic N) is 3. The third kappa shape index (κ3) is 3.26. The quantitative estimate of drug-likeness (QED) is 0.364. The average Bonchev–Trinajstić information content (AvgIpc) is 3.18. The third-order valence-electron chi connectivity index (χ3n) is 4.94. The molecule has 4 aromatic rings. The zero-order valence-electron chi connectivity index (χ0n) is 15.9. The number of hydrogen-bond acceptors (Lipinski definition) is 4. The first-order valence-electron chi connectivity index (χ1n) is 8.95. The maximum absolute atomic E-state index is 4.55. The number of thiazole rings is 1. The lowest BCUT2D eigenvalue weighted by Crippen LogP contribution is -2.03. The summed E-state index contributed by atoms with van der Waals surface area (Å²) in [4.78, 5) is 4.55. The van der Waals surface area contributed by atoms with Gasteiger partial charge in [0.05, 0.1) is 16.4 Å². The van der Waals surface area contributed by atoms with Crippen LogP contribution in [0.5, 0.6) is 0 Å². The first kappa shape index (κ1) is 17.5. The molecule has 0 aliphatic heterocycles. The monoisotopic (exact) mass is 374 g/mol. The Balaban J connectivity index is 1.61. The summed E-state index contributed by atoms with van der Waals surface area (Å²) in [6.45, 7) is 8.59. The molecule has 0 amide bonds. The van der Waals surface area contributed by atoms with Gasteiger partial charge < -0.3 is 4.57 Å². The van der Waals surface area contributed by atoms with E-state index in [4.69, 9.17) is 0 Å². The van der Waals surface area contributed by atoms with Gasteiger partial charge in [0.15, 0.2) is 0 Å². The van der Waals surface area contributed by atoms with Crippen molar-refractivity contribution in [3.8, 4) is 5.69 Å². The van der Waals surface area contributed by atoms with Gasteiger partial charge in [-0.3, -0.25) is 5.43 Å².